The number of aryl methyl sites for hydroxylation is 1. The van der Waals surface area contributed by atoms with Crippen molar-refractivity contribution < 1.29 is 42.9 Å². The molecule has 0 saturated carbocycles. The van der Waals surface area contributed by atoms with E-state index in [2.05, 4.69) is 18.1 Å². The average molecular weight is 860 g/mol. The number of aliphatic hydroxyl groups is 2. The number of unbranched alkanes of at least 4 members (excludes halogenated alkanes) is 15. The van der Waals surface area contributed by atoms with Crippen molar-refractivity contribution in [2.75, 3.05) is 32.2 Å². The summed E-state index contributed by atoms with van der Waals surface area (Å²) in [5.74, 6) is 0. The van der Waals surface area contributed by atoms with Gasteiger partial charge in [-0.1, -0.05) is 121 Å². The van der Waals surface area contributed by atoms with Crippen LogP contribution in [0.2, 0.25) is 5.02 Å². The van der Waals surface area contributed by atoms with Crippen LogP contribution >= 0.6 is 19.4 Å². The second-order valence-electron chi connectivity index (χ2n) is 15.5. The van der Waals surface area contributed by atoms with Gasteiger partial charge in [0, 0.05) is 12.8 Å². The predicted octanol–water partition coefficient (Wildman–Crippen LogP) is 8.59. The number of rotatable bonds is 29. The van der Waals surface area contributed by atoms with E-state index < -0.39 is 51.1 Å². The van der Waals surface area contributed by atoms with Gasteiger partial charge in [-0.15, -0.1) is 0 Å². The molecule has 1 aromatic carbocycles. The normalized spacial score (nSPS) is 20.7. The van der Waals surface area contributed by atoms with Crippen LogP contribution in [0.25, 0.3) is 5.52 Å². The molecule has 6 atom stereocenters. The molecule has 5 N–H and O–H groups in total. The lowest BCUT2D eigenvalue weighted by Gasteiger charge is -2.24. The fourth-order valence-corrected chi connectivity index (χ4v) is 8.27. The van der Waals surface area contributed by atoms with Crippen LogP contribution in [-0.2, 0) is 40.0 Å². The van der Waals surface area contributed by atoms with E-state index in [9.17, 15) is 30.2 Å². The smallest absolute Gasteiger partial charge is 0.397 e. The van der Waals surface area contributed by atoms with Gasteiger partial charge in [0.15, 0.2) is 0 Å². The second kappa shape index (κ2) is 25.0. The molecule has 2 aromatic heterocycles. The van der Waals surface area contributed by atoms with Crippen LogP contribution in [0.5, 0.6) is 0 Å². The summed E-state index contributed by atoms with van der Waals surface area (Å²) in [5, 5.41) is 46.1. The van der Waals surface area contributed by atoms with Gasteiger partial charge in [0.2, 0.25) is 5.60 Å². The molecule has 4 rings (SSSR count). The van der Waals surface area contributed by atoms with Crippen LogP contribution in [0.3, 0.4) is 0 Å². The monoisotopic (exact) mass is 859 g/mol. The highest BCUT2D eigenvalue weighted by Crippen LogP contribution is 2.46. The molecule has 3 aromatic rings. The van der Waals surface area contributed by atoms with E-state index >= 15 is 0 Å². The highest BCUT2D eigenvalue weighted by atomic mass is 35.5. The summed E-state index contributed by atoms with van der Waals surface area (Å²) in [4.78, 5) is 10.6. The number of anilines is 1. The SMILES string of the molecule is CCCCCCCCCCCCCCCCCCOC[C@H](COP(=O)(O)OC[C@H]1O[C@@](C#N)(c2ccc3c(N)ccnn23)[C@H](O)[C@@H]1O)OCc1cc(C)c(Cl)c(C#N)c1. The summed E-state index contributed by atoms with van der Waals surface area (Å²) in [6, 6.07) is 12.1. The van der Waals surface area contributed by atoms with Crippen LogP contribution in [0.15, 0.2) is 36.5 Å². The first-order valence-corrected chi connectivity index (χ1v) is 23.0. The Morgan fingerprint density at radius 3 is 2.19 bits per heavy atom. The summed E-state index contributed by atoms with van der Waals surface area (Å²) in [7, 11) is -4.79. The summed E-state index contributed by atoms with van der Waals surface area (Å²) < 4.78 is 42.7. The number of hydrogen-bond acceptors (Lipinski definition) is 12. The number of nitrogens with two attached hydrogens (primary N) is 1. The highest BCUT2D eigenvalue weighted by molar-refractivity contribution is 7.47. The Morgan fingerprint density at radius 2 is 1.58 bits per heavy atom. The lowest BCUT2D eigenvalue weighted by Crippen LogP contribution is -2.41. The Morgan fingerprint density at radius 1 is 0.949 bits per heavy atom. The van der Waals surface area contributed by atoms with Gasteiger partial charge >= 0.3 is 7.82 Å². The number of phosphoric acid groups is 1. The minimum atomic E-state index is -4.79. The molecule has 1 unspecified atom stereocenters. The van der Waals surface area contributed by atoms with Gasteiger partial charge in [0.25, 0.3) is 0 Å². The van der Waals surface area contributed by atoms with Crippen LogP contribution in [0, 0.1) is 29.6 Å². The van der Waals surface area contributed by atoms with Crippen molar-refractivity contribution in [1.82, 2.24) is 9.61 Å². The first-order valence-electron chi connectivity index (χ1n) is 21.1. The Kier molecular flexibility index (Phi) is 20.6. The minimum Gasteiger partial charge on any atom is -0.397 e. The lowest BCUT2D eigenvalue weighted by atomic mass is 9.92. The molecule has 1 fully saturated rings. The van der Waals surface area contributed by atoms with Gasteiger partial charge in [-0.05, 0) is 48.7 Å². The molecule has 0 amide bonds. The molecule has 326 valence electrons. The van der Waals surface area contributed by atoms with Crippen molar-refractivity contribution in [2.45, 2.75) is 153 Å². The molecule has 0 spiro atoms. The van der Waals surface area contributed by atoms with E-state index in [4.69, 9.17) is 40.6 Å². The van der Waals surface area contributed by atoms with Crippen LogP contribution < -0.4 is 5.73 Å². The summed E-state index contributed by atoms with van der Waals surface area (Å²) in [6.07, 6.45) is 16.1. The summed E-state index contributed by atoms with van der Waals surface area (Å²) in [6.45, 7) is 3.52. The van der Waals surface area contributed by atoms with Crippen LogP contribution in [0.4, 0.5) is 5.69 Å². The zero-order chi connectivity index (χ0) is 42.7. The predicted molar refractivity (Wildman–Crippen MR) is 225 cm³/mol. The Labute approximate surface area is 354 Å². The van der Waals surface area contributed by atoms with Crippen molar-refractivity contribution in [3.8, 4) is 12.1 Å². The van der Waals surface area contributed by atoms with Gasteiger partial charge in [-0.25, -0.2) is 9.08 Å². The number of aromatic nitrogens is 2. The van der Waals surface area contributed by atoms with Crippen molar-refractivity contribution in [2.24, 2.45) is 0 Å². The number of aliphatic hydroxyl groups excluding tert-OH is 2. The largest absolute Gasteiger partial charge is 0.472 e. The minimum absolute atomic E-state index is 0.0465. The molecular weight excluding hydrogens is 797 g/mol. The number of fused-ring (bicyclic) bond motifs is 1. The van der Waals surface area contributed by atoms with Crippen molar-refractivity contribution in [3.63, 3.8) is 0 Å². The number of nitrogens with zero attached hydrogens (tertiary/aromatic N) is 4. The van der Waals surface area contributed by atoms with E-state index in [1.807, 2.05) is 6.07 Å². The van der Waals surface area contributed by atoms with E-state index in [0.29, 0.717) is 39.5 Å². The second-order valence-corrected chi connectivity index (χ2v) is 17.3. The number of nitrogen functional groups attached to an aromatic ring is 1. The van der Waals surface area contributed by atoms with Crippen LogP contribution in [-0.4, -0.2) is 75.6 Å². The van der Waals surface area contributed by atoms with E-state index in [-0.39, 0.29) is 18.9 Å². The zero-order valence-corrected chi connectivity index (χ0v) is 36.3. The fraction of sp³-hybridized carbons (Fsp3) is 0.651. The number of benzene rings is 1. The van der Waals surface area contributed by atoms with E-state index in [0.717, 1.165) is 19.3 Å². The lowest BCUT2D eigenvalue weighted by molar-refractivity contribution is -0.0690. The molecule has 59 heavy (non-hydrogen) atoms. The molecule has 14 nitrogen and oxygen atoms in total. The molecule has 3 heterocycles. The topological polar surface area (TPSA) is 215 Å². The third-order valence-corrected chi connectivity index (χ3v) is 12.2. The maximum Gasteiger partial charge on any atom is 0.472 e. The Balaban J connectivity index is 1.22. The van der Waals surface area contributed by atoms with Gasteiger partial charge in [0.1, 0.15) is 36.6 Å². The molecule has 0 radical (unpaired) electrons. The van der Waals surface area contributed by atoms with Gasteiger partial charge in [-0.3, -0.25) is 9.05 Å². The van der Waals surface area contributed by atoms with Crippen molar-refractivity contribution in [3.05, 3.63) is 63.9 Å². The summed E-state index contributed by atoms with van der Waals surface area (Å²) in [5.41, 5.74) is 6.56. The molecular formula is C43H63ClN5O9P. The third kappa shape index (κ3) is 14.5. The van der Waals surface area contributed by atoms with Crippen molar-refractivity contribution in [1.29, 1.82) is 10.5 Å². The van der Waals surface area contributed by atoms with Gasteiger partial charge < -0.3 is 35.1 Å². The molecule has 1 saturated heterocycles. The third-order valence-electron chi connectivity index (χ3n) is 10.8. The number of phosphoric ester groups is 1. The first-order chi connectivity index (χ1) is 28.5. The number of ether oxygens (including phenoxy) is 3. The maximum atomic E-state index is 13.1. The highest BCUT2D eigenvalue weighted by Gasteiger charge is 2.58. The maximum absolute atomic E-state index is 13.1. The molecule has 1 aliphatic heterocycles. The molecule has 0 aliphatic carbocycles. The molecule has 16 heteroatoms. The van der Waals surface area contributed by atoms with Crippen molar-refractivity contribution >= 4 is 30.6 Å². The Bertz CT molecular complexity index is 1870. The van der Waals surface area contributed by atoms with Gasteiger partial charge in [-0.2, -0.15) is 15.6 Å². The Hall–Kier alpha value is -3.11. The van der Waals surface area contributed by atoms with Gasteiger partial charge in [0.05, 0.1) is 53.9 Å². The zero-order valence-electron chi connectivity index (χ0n) is 34.6. The molecule has 1 aliphatic rings. The quantitative estimate of drug-likeness (QED) is 0.0381. The summed E-state index contributed by atoms with van der Waals surface area (Å²) >= 11 is 6.25. The fourth-order valence-electron chi connectivity index (χ4n) is 7.35. The van der Waals surface area contributed by atoms with Crippen LogP contribution in [0.1, 0.15) is 132 Å². The standard InChI is InChI=1S/C43H63ClN5O9P/c1-3-4-5-6-7-8-9-10-11-12-13-14-15-16-17-18-23-54-28-35(55-27-33-24-32(2)40(44)34(25-33)26-45)29-56-59(52,53)57-30-38-41(50)42(51)43(31-46,58-38)39-20-19-37-36(47)21-22-48-49(37)39/h19-22,24-25,35,38,41-42,50-51H,3-18,23,27-30,47H2,1-2H3,(H,52,53)/t35-,38-,41-,42-,43+/m1/s1. The van der Waals surface area contributed by atoms with E-state index in [1.165, 1.54) is 100 Å². The molecule has 0 bridgehead atoms. The number of hydrogen-bond donors (Lipinski definition) is 4. The first kappa shape index (κ1) is 48.6. The number of nitriles is 2. The van der Waals surface area contributed by atoms with E-state index in [1.54, 1.807) is 31.2 Å². The number of halogens is 1. The average Bonchev–Trinajstić information content (AvgIpc) is 3.77.